The largest absolute Gasteiger partial charge is 0.481 e. The lowest BCUT2D eigenvalue weighted by atomic mass is 10.1. The van der Waals surface area contributed by atoms with E-state index in [1.807, 2.05) is 22.9 Å². The maximum Gasteiger partial charge on any atom is 0.305 e. The molecule has 0 bridgehead atoms. The van der Waals surface area contributed by atoms with Gasteiger partial charge in [-0.3, -0.25) is 4.79 Å². The van der Waals surface area contributed by atoms with Gasteiger partial charge in [0.05, 0.1) is 18.1 Å². The highest BCUT2D eigenvalue weighted by Gasteiger charge is 2.05. The van der Waals surface area contributed by atoms with Gasteiger partial charge in [0, 0.05) is 23.6 Å². The summed E-state index contributed by atoms with van der Waals surface area (Å²) in [5, 5.41) is 18.4. The molecular formula is C12H10N2O2. The number of rotatable bonds is 3. The number of carboxylic acids is 1. The molecule has 2 rings (SSSR count). The molecule has 1 N–H and O–H groups in total. The van der Waals surface area contributed by atoms with Gasteiger partial charge in [-0.15, -0.1) is 0 Å². The molecule has 0 aliphatic heterocycles. The molecule has 0 spiro atoms. The van der Waals surface area contributed by atoms with E-state index in [-0.39, 0.29) is 6.42 Å². The van der Waals surface area contributed by atoms with Crippen LogP contribution in [-0.4, -0.2) is 15.6 Å². The fraction of sp³-hybridized carbons (Fsp3) is 0.167. The predicted molar refractivity (Wildman–Crippen MR) is 58.9 cm³/mol. The Morgan fingerprint density at radius 2 is 2.25 bits per heavy atom. The molecule has 0 atom stereocenters. The van der Waals surface area contributed by atoms with E-state index in [4.69, 9.17) is 10.4 Å². The molecule has 0 unspecified atom stereocenters. The van der Waals surface area contributed by atoms with Gasteiger partial charge in [0.25, 0.3) is 0 Å². The fourth-order valence-corrected chi connectivity index (χ4v) is 1.73. The smallest absolute Gasteiger partial charge is 0.305 e. The summed E-state index contributed by atoms with van der Waals surface area (Å²) in [6.07, 6.45) is 1.90. The average Bonchev–Trinajstić information content (AvgIpc) is 2.69. The van der Waals surface area contributed by atoms with Gasteiger partial charge in [-0.1, -0.05) is 6.07 Å². The first-order chi connectivity index (χ1) is 7.72. The summed E-state index contributed by atoms with van der Waals surface area (Å²) in [5.74, 6) is -0.821. The highest BCUT2D eigenvalue weighted by molar-refractivity contribution is 5.86. The van der Waals surface area contributed by atoms with E-state index in [9.17, 15) is 4.79 Å². The van der Waals surface area contributed by atoms with Crippen LogP contribution in [0, 0.1) is 11.3 Å². The number of carbonyl (C=O) groups is 1. The first kappa shape index (κ1) is 10.2. The van der Waals surface area contributed by atoms with Crippen LogP contribution in [0.1, 0.15) is 12.0 Å². The molecule has 0 amide bonds. The van der Waals surface area contributed by atoms with E-state index in [1.54, 1.807) is 12.1 Å². The van der Waals surface area contributed by atoms with Crippen LogP contribution in [0.15, 0.2) is 30.5 Å². The minimum absolute atomic E-state index is 0.0839. The molecular weight excluding hydrogens is 204 g/mol. The third-order valence-corrected chi connectivity index (χ3v) is 2.50. The van der Waals surface area contributed by atoms with Crippen molar-refractivity contribution in [2.45, 2.75) is 13.0 Å². The molecule has 0 saturated carbocycles. The van der Waals surface area contributed by atoms with Gasteiger partial charge in [0.1, 0.15) is 0 Å². The summed E-state index contributed by atoms with van der Waals surface area (Å²) >= 11 is 0. The Bertz CT molecular complexity index is 578. The SMILES string of the molecule is N#Cc1cccc2c1ccn2CCC(=O)O. The zero-order valence-corrected chi connectivity index (χ0v) is 8.55. The van der Waals surface area contributed by atoms with Crippen LogP contribution in [-0.2, 0) is 11.3 Å². The van der Waals surface area contributed by atoms with Gasteiger partial charge < -0.3 is 9.67 Å². The summed E-state index contributed by atoms with van der Waals surface area (Å²) in [6.45, 7) is 0.424. The fourth-order valence-electron chi connectivity index (χ4n) is 1.73. The quantitative estimate of drug-likeness (QED) is 0.849. The minimum Gasteiger partial charge on any atom is -0.481 e. The number of carboxylic acid groups (broad SMARTS) is 1. The monoisotopic (exact) mass is 214 g/mol. The number of nitrogens with zero attached hydrogens (tertiary/aromatic N) is 2. The van der Waals surface area contributed by atoms with Gasteiger partial charge in [-0.05, 0) is 18.2 Å². The lowest BCUT2D eigenvalue weighted by Crippen LogP contribution is -2.03. The van der Waals surface area contributed by atoms with E-state index in [0.717, 1.165) is 10.9 Å². The van der Waals surface area contributed by atoms with Crippen molar-refractivity contribution in [2.75, 3.05) is 0 Å². The molecule has 0 saturated heterocycles. The Labute approximate surface area is 92.3 Å². The van der Waals surface area contributed by atoms with Crippen molar-refractivity contribution >= 4 is 16.9 Å². The maximum atomic E-state index is 10.5. The number of hydrogen-bond acceptors (Lipinski definition) is 2. The van der Waals surface area contributed by atoms with Gasteiger partial charge in [0.15, 0.2) is 0 Å². The Morgan fingerprint density at radius 3 is 2.94 bits per heavy atom. The molecule has 1 heterocycles. The molecule has 80 valence electrons. The summed E-state index contributed by atoms with van der Waals surface area (Å²) in [7, 11) is 0. The first-order valence-corrected chi connectivity index (χ1v) is 4.92. The number of hydrogen-bond donors (Lipinski definition) is 1. The molecule has 4 heteroatoms. The Morgan fingerprint density at radius 1 is 1.44 bits per heavy atom. The molecule has 0 fully saturated rings. The highest BCUT2D eigenvalue weighted by Crippen LogP contribution is 2.19. The predicted octanol–water partition coefficient (Wildman–Crippen LogP) is 1.99. The molecule has 0 aliphatic rings. The molecule has 0 aliphatic carbocycles. The van der Waals surface area contributed by atoms with Crippen molar-refractivity contribution in [1.82, 2.24) is 4.57 Å². The second kappa shape index (κ2) is 4.07. The zero-order chi connectivity index (χ0) is 11.5. The number of benzene rings is 1. The first-order valence-electron chi connectivity index (χ1n) is 4.92. The summed E-state index contributed by atoms with van der Waals surface area (Å²) < 4.78 is 1.85. The Kier molecular flexibility index (Phi) is 2.61. The summed E-state index contributed by atoms with van der Waals surface area (Å²) in [6, 6.07) is 9.41. The molecule has 4 nitrogen and oxygen atoms in total. The molecule has 2 aromatic rings. The van der Waals surface area contributed by atoms with Crippen molar-refractivity contribution in [2.24, 2.45) is 0 Å². The van der Waals surface area contributed by atoms with E-state index in [1.165, 1.54) is 0 Å². The van der Waals surface area contributed by atoms with Gasteiger partial charge >= 0.3 is 5.97 Å². The van der Waals surface area contributed by atoms with E-state index in [2.05, 4.69) is 6.07 Å². The lowest BCUT2D eigenvalue weighted by Gasteiger charge is -2.02. The second-order valence-electron chi connectivity index (χ2n) is 3.50. The van der Waals surface area contributed by atoms with Crippen LogP contribution in [0.25, 0.3) is 10.9 Å². The Balaban J connectivity index is 2.42. The molecule has 16 heavy (non-hydrogen) atoms. The number of nitriles is 1. The minimum atomic E-state index is -0.821. The van der Waals surface area contributed by atoms with Gasteiger partial charge in [-0.25, -0.2) is 0 Å². The maximum absolute atomic E-state index is 10.5. The van der Waals surface area contributed by atoms with E-state index >= 15 is 0 Å². The van der Waals surface area contributed by atoms with Crippen LogP contribution in [0.3, 0.4) is 0 Å². The number of aryl methyl sites for hydroxylation is 1. The van der Waals surface area contributed by atoms with E-state index in [0.29, 0.717) is 12.1 Å². The zero-order valence-electron chi connectivity index (χ0n) is 8.55. The number of fused-ring (bicyclic) bond motifs is 1. The molecule has 0 radical (unpaired) electrons. The topological polar surface area (TPSA) is 66.0 Å². The average molecular weight is 214 g/mol. The van der Waals surface area contributed by atoms with Crippen LogP contribution in [0.5, 0.6) is 0 Å². The third kappa shape index (κ3) is 1.75. The number of aromatic nitrogens is 1. The van der Waals surface area contributed by atoms with E-state index < -0.39 is 5.97 Å². The molecule has 1 aromatic heterocycles. The highest BCUT2D eigenvalue weighted by atomic mass is 16.4. The van der Waals surface area contributed by atoms with Crippen LogP contribution >= 0.6 is 0 Å². The second-order valence-corrected chi connectivity index (χ2v) is 3.50. The standard InChI is InChI=1S/C12H10N2O2/c13-8-9-2-1-3-11-10(9)4-6-14(11)7-5-12(15)16/h1-4,6H,5,7H2,(H,15,16). The van der Waals surface area contributed by atoms with Crippen molar-refractivity contribution < 1.29 is 9.90 Å². The van der Waals surface area contributed by atoms with Crippen molar-refractivity contribution in [1.29, 1.82) is 5.26 Å². The van der Waals surface area contributed by atoms with Crippen LogP contribution in [0.4, 0.5) is 0 Å². The van der Waals surface area contributed by atoms with Crippen LogP contribution in [0.2, 0.25) is 0 Å². The normalized spacial score (nSPS) is 10.2. The van der Waals surface area contributed by atoms with Gasteiger partial charge in [-0.2, -0.15) is 5.26 Å². The summed E-state index contributed by atoms with van der Waals surface area (Å²) in [5.41, 5.74) is 1.52. The third-order valence-electron chi connectivity index (χ3n) is 2.50. The van der Waals surface area contributed by atoms with Crippen LogP contribution < -0.4 is 0 Å². The van der Waals surface area contributed by atoms with Crippen molar-refractivity contribution in [3.05, 3.63) is 36.0 Å². The number of aliphatic carboxylic acids is 1. The molecule has 1 aromatic carbocycles. The van der Waals surface area contributed by atoms with Crippen molar-refractivity contribution in [3.8, 4) is 6.07 Å². The lowest BCUT2D eigenvalue weighted by molar-refractivity contribution is -0.137. The van der Waals surface area contributed by atoms with Crippen molar-refractivity contribution in [3.63, 3.8) is 0 Å². The van der Waals surface area contributed by atoms with Gasteiger partial charge in [0.2, 0.25) is 0 Å². The summed E-state index contributed by atoms with van der Waals surface area (Å²) in [4.78, 5) is 10.5. The Hall–Kier alpha value is -2.28.